The molecular weight excluding hydrogens is 300 g/mol. The number of nitrogens with one attached hydrogen (secondary N) is 2. The molecule has 5 heteroatoms. The van der Waals surface area contributed by atoms with Crippen LogP contribution in [0.4, 0.5) is 11.5 Å². The van der Waals surface area contributed by atoms with Gasteiger partial charge >= 0.3 is 0 Å². The first kappa shape index (κ1) is 17.9. The molecule has 2 N–H and O–H groups in total. The first-order valence-corrected chi connectivity index (χ1v) is 8.20. The predicted molar refractivity (Wildman–Crippen MR) is 97.8 cm³/mol. The summed E-state index contributed by atoms with van der Waals surface area (Å²) in [4.78, 5) is 12.1. The van der Waals surface area contributed by atoms with Crippen LogP contribution in [0.2, 0.25) is 0 Å². The van der Waals surface area contributed by atoms with Gasteiger partial charge in [-0.15, -0.1) is 10.2 Å². The molecule has 1 aromatic carbocycles. The maximum atomic E-state index is 12.1. The van der Waals surface area contributed by atoms with Crippen LogP contribution in [0.3, 0.4) is 0 Å². The van der Waals surface area contributed by atoms with Crippen molar-refractivity contribution in [2.45, 2.75) is 53.0 Å². The Morgan fingerprint density at radius 1 is 1.08 bits per heavy atom. The minimum Gasteiger partial charge on any atom is -0.346 e. The second kappa shape index (κ2) is 6.99. The van der Waals surface area contributed by atoms with Crippen molar-refractivity contribution >= 4 is 17.4 Å². The molecule has 2 aromatic rings. The standard InChI is InChI=1S/C19H26N4O/c1-12(2)14-9-7-8-13(3)17(14)20-16-11-10-15(22-23-16)18(24)21-19(4,5)6/h7-12H,1-6H3,(H,20,23)(H,21,24). The number of rotatable bonds is 4. The summed E-state index contributed by atoms with van der Waals surface area (Å²) < 4.78 is 0. The first-order chi connectivity index (χ1) is 11.2. The van der Waals surface area contributed by atoms with E-state index in [1.54, 1.807) is 12.1 Å². The molecule has 1 heterocycles. The highest BCUT2D eigenvalue weighted by atomic mass is 16.2. The number of carbonyl (C=O) groups excluding carboxylic acids is 1. The van der Waals surface area contributed by atoms with Crippen molar-refractivity contribution in [1.29, 1.82) is 0 Å². The molecule has 0 saturated carbocycles. The smallest absolute Gasteiger partial charge is 0.272 e. The molecule has 0 aliphatic rings. The number of benzene rings is 1. The van der Waals surface area contributed by atoms with Gasteiger partial charge in [0.25, 0.3) is 5.91 Å². The van der Waals surface area contributed by atoms with E-state index in [2.05, 4.69) is 59.8 Å². The minimum absolute atomic E-state index is 0.222. The molecule has 0 radical (unpaired) electrons. The molecule has 0 fully saturated rings. The molecule has 128 valence electrons. The van der Waals surface area contributed by atoms with Crippen molar-refractivity contribution in [1.82, 2.24) is 15.5 Å². The lowest BCUT2D eigenvalue weighted by molar-refractivity contribution is 0.0913. The number of carbonyl (C=O) groups is 1. The number of aryl methyl sites for hydroxylation is 1. The van der Waals surface area contributed by atoms with Gasteiger partial charge in [0, 0.05) is 11.2 Å². The molecule has 0 saturated heterocycles. The van der Waals surface area contributed by atoms with Crippen LogP contribution >= 0.6 is 0 Å². The van der Waals surface area contributed by atoms with Crippen molar-refractivity contribution in [3.63, 3.8) is 0 Å². The first-order valence-electron chi connectivity index (χ1n) is 8.20. The molecule has 0 unspecified atom stereocenters. The van der Waals surface area contributed by atoms with E-state index in [9.17, 15) is 4.79 Å². The Hall–Kier alpha value is -2.43. The van der Waals surface area contributed by atoms with Crippen LogP contribution in [0, 0.1) is 6.92 Å². The van der Waals surface area contributed by atoms with Crippen LogP contribution in [0.1, 0.15) is 62.2 Å². The molecule has 0 aliphatic carbocycles. The van der Waals surface area contributed by atoms with Crippen LogP contribution in [-0.2, 0) is 0 Å². The fraction of sp³-hybridized carbons (Fsp3) is 0.421. The molecular formula is C19H26N4O. The van der Waals surface area contributed by atoms with Gasteiger partial charge in [-0.1, -0.05) is 32.0 Å². The topological polar surface area (TPSA) is 66.9 Å². The molecule has 0 aliphatic heterocycles. The van der Waals surface area contributed by atoms with Crippen molar-refractivity contribution < 1.29 is 4.79 Å². The van der Waals surface area contributed by atoms with E-state index < -0.39 is 0 Å². The molecule has 0 spiro atoms. The normalized spacial score (nSPS) is 11.5. The molecule has 1 aromatic heterocycles. The Labute approximate surface area is 143 Å². The van der Waals surface area contributed by atoms with E-state index in [4.69, 9.17) is 0 Å². The van der Waals surface area contributed by atoms with E-state index in [1.165, 1.54) is 5.56 Å². The van der Waals surface area contributed by atoms with Gasteiger partial charge in [0.05, 0.1) is 0 Å². The number of hydrogen-bond acceptors (Lipinski definition) is 4. The third kappa shape index (κ3) is 4.54. The van der Waals surface area contributed by atoms with Gasteiger partial charge in [0.2, 0.25) is 0 Å². The number of nitrogens with zero attached hydrogens (tertiary/aromatic N) is 2. The average molecular weight is 326 g/mol. The Kier molecular flexibility index (Phi) is 5.22. The van der Waals surface area contributed by atoms with Gasteiger partial charge < -0.3 is 10.6 Å². The van der Waals surface area contributed by atoms with Gasteiger partial charge in [0.15, 0.2) is 11.5 Å². The second-order valence-corrected chi connectivity index (χ2v) is 7.33. The summed E-state index contributed by atoms with van der Waals surface area (Å²) in [7, 11) is 0. The monoisotopic (exact) mass is 326 g/mol. The van der Waals surface area contributed by atoms with Crippen LogP contribution in [0.5, 0.6) is 0 Å². The summed E-state index contributed by atoms with van der Waals surface area (Å²) >= 11 is 0. The van der Waals surface area contributed by atoms with Gasteiger partial charge in [-0.3, -0.25) is 4.79 Å². The number of aromatic nitrogens is 2. The lowest BCUT2D eigenvalue weighted by Gasteiger charge is -2.20. The van der Waals surface area contributed by atoms with Gasteiger partial charge in [0.1, 0.15) is 0 Å². The molecule has 24 heavy (non-hydrogen) atoms. The van der Waals surface area contributed by atoms with Crippen molar-refractivity contribution in [3.8, 4) is 0 Å². The van der Waals surface area contributed by atoms with Crippen LogP contribution < -0.4 is 10.6 Å². The summed E-state index contributed by atoms with van der Waals surface area (Å²) in [5.41, 5.74) is 3.44. The van der Waals surface area contributed by atoms with Crippen molar-refractivity contribution in [2.24, 2.45) is 0 Å². The third-order valence-corrected chi connectivity index (χ3v) is 3.57. The van der Waals surface area contributed by atoms with E-state index in [-0.39, 0.29) is 11.4 Å². The zero-order valence-electron chi connectivity index (χ0n) is 15.3. The largest absolute Gasteiger partial charge is 0.346 e. The van der Waals surface area contributed by atoms with Crippen LogP contribution in [-0.4, -0.2) is 21.6 Å². The highest BCUT2D eigenvalue weighted by Crippen LogP contribution is 2.29. The van der Waals surface area contributed by atoms with Gasteiger partial charge in [-0.05, 0) is 56.9 Å². The van der Waals surface area contributed by atoms with Crippen LogP contribution in [0.25, 0.3) is 0 Å². The predicted octanol–water partition coefficient (Wildman–Crippen LogP) is 4.18. The number of amides is 1. The molecule has 1 amide bonds. The van der Waals surface area contributed by atoms with E-state index in [0.717, 1.165) is 11.3 Å². The second-order valence-electron chi connectivity index (χ2n) is 7.33. The molecule has 2 rings (SSSR count). The molecule has 5 nitrogen and oxygen atoms in total. The lowest BCUT2D eigenvalue weighted by Crippen LogP contribution is -2.41. The molecule has 0 atom stereocenters. The maximum Gasteiger partial charge on any atom is 0.272 e. The fourth-order valence-electron chi connectivity index (χ4n) is 2.40. The Morgan fingerprint density at radius 2 is 1.79 bits per heavy atom. The van der Waals surface area contributed by atoms with Crippen LogP contribution in [0.15, 0.2) is 30.3 Å². The summed E-state index contributed by atoms with van der Waals surface area (Å²) in [6.07, 6.45) is 0. The SMILES string of the molecule is Cc1cccc(C(C)C)c1Nc1ccc(C(=O)NC(C)(C)C)nn1. The summed E-state index contributed by atoms with van der Waals surface area (Å²) in [6.45, 7) is 12.2. The molecule has 0 bridgehead atoms. The average Bonchev–Trinajstić information content (AvgIpc) is 2.48. The Balaban J connectivity index is 2.20. The van der Waals surface area contributed by atoms with E-state index in [0.29, 0.717) is 17.4 Å². The zero-order chi connectivity index (χ0) is 17.9. The highest BCUT2D eigenvalue weighted by Gasteiger charge is 2.17. The summed E-state index contributed by atoms with van der Waals surface area (Å²) in [5, 5.41) is 14.4. The Bertz CT molecular complexity index is 715. The zero-order valence-corrected chi connectivity index (χ0v) is 15.3. The number of anilines is 2. The van der Waals surface area contributed by atoms with E-state index >= 15 is 0 Å². The van der Waals surface area contributed by atoms with Crippen molar-refractivity contribution in [2.75, 3.05) is 5.32 Å². The maximum absolute atomic E-state index is 12.1. The van der Waals surface area contributed by atoms with Gasteiger partial charge in [-0.25, -0.2) is 0 Å². The highest BCUT2D eigenvalue weighted by molar-refractivity contribution is 5.92. The summed E-state index contributed by atoms with van der Waals surface area (Å²) in [6, 6.07) is 9.69. The Morgan fingerprint density at radius 3 is 2.33 bits per heavy atom. The van der Waals surface area contributed by atoms with Gasteiger partial charge in [-0.2, -0.15) is 0 Å². The minimum atomic E-state index is -0.303. The number of hydrogen-bond donors (Lipinski definition) is 2. The number of para-hydroxylation sites is 1. The third-order valence-electron chi connectivity index (χ3n) is 3.57. The fourth-order valence-corrected chi connectivity index (χ4v) is 2.40. The quantitative estimate of drug-likeness (QED) is 0.884. The van der Waals surface area contributed by atoms with Crippen molar-refractivity contribution in [3.05, 3.63) is 47.2 Å². The lowest BCUT2D eigenvalue weighted by atomic mass is 9.98. The summed E-state index contributed by atoms with van der Waals surface area (Å²) in [5.74, 6) is 0.802. The van der Waals surface area contributed by atoms with E-state index in [1.807, 2.05) is 20.8 Å².